The quantitative estimate of drug-likeness (QED) is 0.830. The van der Waals surface area contributed by atoms with Gasteiger partial charge in [0.15, 0.2) is 0 Å². The second-order valence-corrected chi connectivity index (χ2v) is 6.71. The van der Waals surface area contributed by atoms with Crippen molar-refractivity contribution in [3.63, 3.8) is 0 Å². The molecule has 6 heteroatoms. The van der Waals surface area contributed by atoms with Crippen molar-refractivity contribution in [1.82, 2.24) is 5.32 Å². The highest BCUT2D eigenvalue weighted by Gasteiger charge is 2.42. The first-order valence-electron chi connectivity index (χ1n) is 8.06. The number of carbonyl (C=O) groups excluding carboxylic acids is 1. The molecular formula is C18H25NO5. The third-order valence-corrected chi connectivity index (χ3v) is 4.84. The van der Waals surface area contributed by atoms with Crippen LogP contribution in [0.2, 0.25) is 0 Å². The molecule has 6 nitrogen and oxygen atoms in total. The molecule has 0 spiro atoms. The van der Waals surface area contributed by atoms with Gasteiger partial charge in [-0.05, 0) is 32.8 Å². The number of rotatable bonds is 6. The van der Waals surface area contributed by atoms with Gasteiger partial charge in [-0.2, -0.15) is 0 Å². The van der Waals surface area contributed by atoms with Gasteiger partial charge >= 0.3 is 5.97 Å². The molecule has 0 aromatic heterocycles. The van der Waals surface area contributed by atoms with Gasteiger partial charge < -0.3 is 19.9 Å². The van der Waals surface area contributed by atoms with E-state index in [1.807, 2.05) is 24.3 Å². The highest BCUT2D eigenvalue weighted by molar-refractivity contribution is 5.88. The summed E-state index contributed by atoms with van der Waals surface area (Å²) in [5.74, 6) is -0.475. The number of carboxylic acid groups (broad SMARTS) is 1. The first-order chi connectivity index (χ1) is 11.3. The topological polar surface area (TPSA) is 84.9 Å². The molecule has 1 aromatic rings. The van der Waals surface area contributed by atoms with Crippen molar-refractivity contribution in [3.8, 4) is 5.75 Å². The number of ether oxygens (including phenoxy) is 2. The van der Waals surface area contributed by atoms with Gasteiger partial charge in [0.25, 0.3) is 0 Å². The molecule has 0 radical (unpaired) electrons. The average Bonchev–Trinajstić information content (AvgIpc) is 2.60. The Hall–Kier alpha value is -2.08. The predicted molar refractivity (Wildman–Crippen MR) is 89.2 cm³/mol. The van der Waals surface area contributed by atoms with Gasteiger partial charge in [-0.15, -0.1) is 0 Å². The van der Waals surface area contributed by atoms with Gasteiger partial charge in [0, 0.05) is 25.3 Å². The van der Waals surface area contributed by atoms with E-state index < -0.39 is 16.8 Å². The van der Waals surface area contributed by atoms with Crippen molar-refractivity contribution >= 4 is 11.9 Å². The zero-order chi connectivity index (χ0) is 17.8. The Balaban J connectivity index is 2.14. The van der Waals surface area contributed by atoms with E-state index in [1.165, 1.54) is 0 Å². The molecule has 1 amide bonds. The van der Waals surface area contributed by atoms with Crippen LogP contribution in [-0.2, 0) is 19.7 Å². The minimum Gasteiger partial charge on any atom is -0.496 e. The van der Waals surface area contributed by atoms with Crippen LogP contribution in [0.15, 0.2) is 24.3 Å². The van der Waals surface area contributed by atoms with Gasteiger partial charge in [-0.25, -0.2) is 0 Å². The third-order valence-electron chi connectivity index (χ3n) is 4.84. The number of methoxy groups -OCH3 is 1. The van der Waals surface area contributed by atoms with E-state index in [9.17, 15) is 14.7 Å². The summed E-state index contributed by atoms with van der Waals surface area (Å²) < 4.78 is 10.6. The van der Waals surface area contributed by atoms with Crippen LogP contribution in [0.4, 0.5) is 0 Å². The van der Waals surface area contributed by atoms with E-state index in [2.05, 4.69) is 5.32 Å². The van der Waals surface area contributed by atoms with Crippen LogP contribution in [-0.4, -0.2) is 43.9 Å². The van der Waals surface area contributed by atoms with Crippen molar-refractivity contribution in [3.05, 3.63) is 29.8 Å². The molecule has 2 N–H and O–H groups in total. The highest BCUT2D eigenvalue weighted by Crippen LogP contribution is 2.33. The highest BCUT2D eigenvalue weighted by atomic mass is 16.5. The van der Waals surface area contributed by atoms with Crippen molar-refractivity contribution in [2.75, 3.05) is 26.9 Å². The van der Waals surface area contributed by atoms with Crippen LogP contribution in [0.1, 0.15) is 32.3 Å². The number of carbonyl (C=O) groups is 2. The van der Waals surface area contributed by atoms with Gasteiger partial charge in [0.1, 0.15) is 5.75 Å². The largest absolute Gasteiger partial charge is 0.496 e. The maximum Gasteiger partial charge on any atom is 0.311 e. The Labute approximate surface area is 142 Å². The molecule has 0 unspecified atom stereocenters. The summed E-state index contributed by atoms with van der Waals surface area (Å²) in [6, 6.07) is 7.35. The summed E-state index contributed by atoms with van der Waals surface area (Å²) in [6.45, 7) is 4.51. The molecule has 1 fully saturated rings. The van der Waals surface area contributed by atoms with Crippen molar-refractivity contribution in [2.45, 2.75) is 32.1 Å². The molecule has 24 heavy (non-hydrogen) atoms. The van der Waals surface area contributed by atoms with E-state index in [1.54, 1.807) is 21.0 Å². The van der Waals surface area contributed by atoms with E-state index in [0.29, 0.717) is 31.8 Å². The average molecular weight is 335 g/mol. The summed E-state index contributed by atoms with van der Waals surface area (Å²) >= 11 is 0. The lowest BCUT2D eigenvalue weighted by Crippen LogP contribution is -2.50. The van der Waals surface area contributed by atoms with E-state index in [0.717, 1.165) is 5.56 Å². The predicted octanol–water partition coefficient (Wildman–Crippen LogP) is 1.97. The molecule has 1 saturated heterocycles. The lowest BCUT2D eigenvalue weighted by Gasteiger charge is -2.34. The second-order valence-electron chi connectivity index (χ2n) is 6.71. The Bertz CT molecular complexity index is 605. The second kappa shape index (κ2) is 7.21. The van der Waals surface area contributed by atoms with Crippen LogP contribution in [0.3, 0.4) is 0 Å². The summed E-state index contributed by atoms with van der Waals surface area (Å²) in [6.07, 6.45) is 0.801. The number of hydrogen-bond donors (Lipinski definition) is 2. The van der Waals surface area contributed by atoms with Crippen LogP contribution >= 0.6 is 0 Å². The lowest BCUT2D eigenvalue weighted by atomic mass is 9.79. The number of nitrogens with one attached hydrogen (secondary N) is 1. The normalized spacial score (nSPS) is 17.1. The molecule has 0 saturated carbocycles. The fourth-order valence-corrected chi connectivity index (χ4v) is 2.98. The molecule has 1 aromatic carbocycles. The van der Waals surface area contributed by atoms with Crippen molar-refractivity contribution in [2.24, 2.45) is 5.41 Å². The molecule has 0 bridgehead atoms. The lowest BCUT2D eigenvalue weighted by molar-refractivity contribution is -0.154. The van der Waals surface area contributed by atoms with Crippen LogP contribution in [0.5, 0.6) is 5.75 Å². The summed E-state index contributed by atoms with van der Waals surface area (Å²) in [5, 5.41) is 12.4. The summed E-state index contributed by atoms with van der Waals surface area (Å²) in [4.78, 5) is 24.4. The zero-order valence-electron chi connectivity index (χ0n) is 14.4. The number of para-hydroxylation sites is 1. The first kappa shape index (κ1) is 18.3. The Morgan fingerprint density at radius 2 is 1.92 bits per heavy atom. The molecule has 2 rings (SSSR count). The van der Waals surface area contributed by atoms with Gasteiger partial charge in [-0.1, -0.05) is 18.2 Å². The SMILES string of the molecule is COc1ccccc1C(C)(C)C(=O)NCC1(C(=O)O)CCOCC1. The van der Waals surface area contributed by atoms with Crippen LogP contribution in [0, 0.1) is 5.41 Å². The maximum absolute atomic E-state index is 12.8. The van der Waals surface area contributed by atoms with Gasteiger partial charge in [-0.3, -0.25) is 9.59 Å². The Morgan fingerprint density at radius 1 is 1.29 bits per heavy atom. The monoisotopic (exact) mass is 335 g/mol. The number of aliphatic carboxylic acids is 1. The maximum atomic E-state index is 12.8. The minimum absolute atomic E-state index is 0.100. The molecule has 1 aliphatic rings. The Kier molecular flexibility index (Phi) is 5.49. The number of hydrogen-bond acceptors (Lipinski definition) is 4. The van der Waals surface area contributed by atoms with Crippen LogP contribution in [0.25, 0.3) is 0 Å². The first-order valence-corrected chi connectivity index (χ1v) is 8.06. The van der Waals surface area contributed by atoms with Gasteiger partial charge in [0.2, 0.25) is 5.91 Å². The number of carboxylic acids is 1. The number of benzene rings is 1. The van der Waals surface area contributed by atoms with Crippen molar-refractivity contribution in [1.29, 1.82) is 0 Å². The molecule has 0 atom stereocenters. The third kappa shape index (κ3) is 3.53. The van der Waals surface area contributed by atoms with E-state index in [-0.39, 0.29) is 12.5 Å². The Morgan fingerprint density at radius 3 is 2.50 bits per heavy atom. The molecule has 0 aliphatic carbocycles. The smallest absolute Gasteiger partial charge is 0.311 e. The molecule has 1 aliphatic heterocycles. The van der Waals surface area contributed by atoms with Crippen molar-refractivity contribution < 1.29 is 24.2 Å². The van der Waals surface area contributed by atoms with E-state index >= 15 is 0 Å². The summed E-state index contributed by atoms with van der Waals surface area (Å²) in [7, 11) is 1.56. The molecule has 1 heterocycles. The fourth-order valence-electron chi connectivity index (χ4n) is 2.98. The van der Waals surface area contributed by atoms with E-state index in [4.69, 9.17) is 9.47 Å². The van der Waals surface area contributed by atoms with Gasteiger partial charge in [0.05, 0.1) is 17.9 Å². The molecular weight excluding hydrogens is 310 g/mol. The number of amides is 1. The zero-order valence-corrected chi connectivity index (χ0v) is 14.4. The fraction of sp³-hybridized carbons (Fsp3) is 0.556. The standard InChI is InChI=1S/C18H25NO5/c1-17(2,13-6-4-5-7-14(13)23-3)15(20)19-12-18(16(21)22)8-10-24-11-9-18/h4-7H,8-12H2,1-3H3,(H,19,20)(H,21,22). The summed E-state index contributed by atoms with van der Waals surface area (Å²) in [5.41, 5.74) is -1.02. The van der Waals surface area contributed by atoms with Crippen LogP contribution < -0.4 is 10.1 Å². The molecule has 132 valence electrons. The minimum atomic E-state index is -0.954.